The number of aromatic nitrogens is 2. The van der Waals surface area contributed by atoms with E-state index < -0.39 is 0 Å². The normalized spacial score (nSPS) is 13.1. The molecule has 8 aromatic carbocycles. The van der Waals surface area contributed by atoms with Crippen molar-refractivity contribution in [3.05, 3.63) is 229 Å². The van der Waals surface area contributed by atoms with Gasteiger partial charge in [0.25, 0.3) is 0 Å². The highest BCUT2D eigenvalue weighted by Crippen LogP contribution is 2.62. The van der Waals surface area contributed by atoms with Gasteiger partial charge in [0.2, 0.25) is 0 Å². The van der Waals surface area contributed by atoms with Crippen LogP contribution in [0.25, 0.3) is 67.3 Å². The van der Waals surface area contributed by atoms with Crippen molar-refractivity contribution in [3.63, 3.8) is 0 Å². The number of nitrogens with zero attached hydrogens (tertiary/aromatic N) is 2. The molecule has 0 bridgehead atoms. The summed E-state index contributed by atoms with van der Waals surface area (Å²) in [7, 11) is 0. The first kappa shape index (κ1) is 32.6. The Morgan fingerprint density at radius 2 is 0.768 bits per heavy atom. The van der Waals surface area contributed by atoms with Crippen LogP contribution in [0, 0.1) is 0 Å². The molecule has 262 valence electrons. The maximum absolute atomic E-state index is 5.15. The number of hydrogen-bond acceptors (Lipinski definition) is 3. The van der Waals surface area contributed by atoms with Crippen LogP contribution >= 0.6 is 11.8 Å². The van der Waals surface area contributed by atoms with Crippen LogP contribution in [0.5, 0.6) is 0 Å². The molecule has 1 aliphatic heterocycles. The molecule has 0 unspecified atom stereocenters. The Bertz CT molecular complexity index is 2830. The van der Waals surface area contributed by atoms with Gasteiger partial charge in [-0.2, -0.15) is 0 Å². The summed E-state index contributed by atoms with van der Waals surface area (Å²) in [6.07, 6.45) is 0. The van der Waals surface area contributed by atoms with Gasteiger partial charge in [-0.15, -0.1) is 0 Å². The van der Waals surface area contributed by atoms with Gasteiger partial charge >= 0.3 is 0 Å². The van der Waals surface area contributed by atoms with Gasteiger partial charge < -0.3 is 0 Å². The lowest BCUT2D eigenvalue weighted by atomic mass is 9.67. The number of benzene rings is 8. The molecule has 9 aromatic rings. The number of hydrogen-bond donors (Lipinski definition) is 0. The van der Waals surface area contributed by atoms with Gasteiger partial charge in [0.05, 0.1) is 16.8 Å². The Kier molecular flexibility index (Phi) is 7.68. The van der Waals surface area contributed by atoms with E-state index in [2.05, 4.69) is 194 Å². The lowest BCUT2D eigenvalue weighted by molar-refractivity contribution is 0.722. The summed E-state index contributed by atoms with van der Waals surface area (Å²) >= 11 is 1.89. The van der Waals surface area contributed by atoms with Crippen LogP contribution in [0.2, 0.25) is 0 Å². The van der Waals surface area contributed by atoms with E-state index in [1.807, 2.05) is 23.9 Å². The van der Waals surface area contributed by atoms with Crippen molar-refractivity contribution in [2.24, 2.45) is 0 Å². The van der Waals surface area contributed by atoms with Gasteiger partial charge in [0, 0.05) is 26.5 Å². The SMILES string of the molecule is c1ccc(-c2cc(-c3ccccc3)nc(-c3ccccc3-c3ccc(-c4ccc5c(c4)Sc4ccccc4C54c5ccccc5-c5ccccc54)cc3)n2)cc1. The first-order valence-electron chi connectivity index (χ1n) is 19.1. The second-order valence-electron chi connectivity index (χ2n) is 14.5. The van der Waals surface area contributed by atoms with E-state index in [1.54, 1.807) is 0 Å². The summed E-state index contributed by atoms with van der Waals surface area (Å²) in [5.41, 5.74) is 17.3. The van der Waals surface area contributed by atoms with Crippen LogP contribution in [0.3, 0.4) is 0 Å². The lowest BCUT2D eigenvalue weighted by Crippen LogP contribution is -2.31. The molecule has 1 aromatic heterocycles. The number of rotatable bonds is 5. The van der Waals surface area contributed by atoms with E-state index in [4.69, 9.17) is 9.97 Å². The third-order valence-electron chi connectivity index (χ3n) is 11.4. The van der Waals surface area contributed by atoms with Crippen molar-refractivity contribution < 1.29 is 0 Å². The fraction of sp³-hybridized carbons (Fsp3) is 0.0189. The third-order valence-corrected chi connectivity index (χ3v) is 12.5. The largest absolute Gasteiger partial charge is 0.228 e. The standard InChI is InChI=1S/C53H34N2S/c1-3-15-37(16-4-1)48-34-49(38-17-5-2-6-18-38)55-52(54-48)43-22-8-7-19-40(43)36-29-27-35(28-30-36)39-31-32-47-51(33-39)56-50-26-14-13-25-46(50)53(47)44-23-11-9-20-41(44)42-21-10-12-24-45(42)53/h1-34H. The molecule has 2 heterocycles. The molecule has 0 fully saturated rings. The molecule has 1 aliphatic carbocycles. The van der Waals surface area contributed by atoms with E-state index in [0.29, 0.717) is 5.82 Å². The smallest absolute Gasteiger partial charge is 0.161 e. The average molecular weight is 731 g/mol. The van der Waals surface area contributed by atoms with E-state index in [-0.39, 0.29) is 5.41 Å². The first-order chi connectivity index (χ1) is 27.8. The molecule has 0 N–H and O–H groups in total. The van der Waals surface area contributed by atoms with Crippen molar-refractivity contribution in [2.75, 3.05) is 0 Å². The molecule has 0 saturated carbocycles. The summed E-state index contributed by atoms with van der Waals surface area (Å²) in [4.78, 5) is 12.9. The summed E-state index contributed by atoms with van der Waals surface area (Å²) in [5.74, 6) is 0.709. The Morgan fingerprint density at radius 3 is 1.39 bits per heavy atom. The summed E-state index contributed by atoms with van der Waals surface area (Å²) in [6.45, 7) is 0. The van der Waals surface area contributed by atoms with Gasteiger partial charge in [-0.1, -0.05) is 200 Å². The Labute approximate surface area is 331 Å². The van der Waals surface area contributed by atoms with E-state index in [1.165, 1.54) is 54.3 Å². The van der Waals surface area contributed by atoms with E-state index in [9.17, 15) is 0 Å². The Morgan fingerprint density at radius 1 is 0.304 bits per heavy atom. The third kappa shape index (κ3) is 5.12. The monoisotopic (exact) mass is 730 g/mol. The van der Waals surface area contributed by atoms with E-state index >= 15 is 0 Å². The van der Waals surface area contributed by atoms with Crippen LogP contribution in [-0.4, -0.2) is 9.97 Å². The quantitative estimate of drug-likeness (QED) is 0.176. The van der Waals surface area contributed by atoms with Gasteiger partial charge in [-0.25, -0.2) is 9.97 Å². The molecule has 0 radical (unpaired) electrons. The summed E-state index contributed by atoms with van der Waals surface area (Å²) < 4.78 is 0. The van der Waals surface area contributed by atoms with Crippen molar-refractivity contribution in [1.82, 2.24) is 9.97 Å². The molecule has 2 nitrogen and oxygen atoms in total. The molecule has 0 amide bonds. The van der Waals surface area contributed by atoms with Gasteiger partial charge in [-0.05, 0) is 73.8 Å². The van der Waals surface area contributed by atoms with Crippen LogP contribution < -0.4 is 0 Å². The predicted octanol–water partition coefficient (Wildman–Crippen LogP) is 13.6. The van der Waals surface area contributed by atoms with Crippen molar-refractivity contribution in [1.29, 1.82) is 0 Å². The van der Waals surface area contributed by atoms with Crippen LogP contribution in [-0.2, 0) is 5.41 Å². The average Bonchev–Trinajstić information content (AvgIpc) is 3.57. The summed E-state index contributed by atoms with van der Waals surface area (Å²) in [5, 5.41) is 0. The fourth-order valence-corrected chi connectivity index (χ4v) is 10.1. The lowest BCUT2D eigenvalue weighted by Gasteiger charge is -2.39. The minimum atomic E-state index is -0.364. The van der Waals surface area contributed by atoms with Gasteiger partial charge in [-0.3, -0.25) is 0 Å². The molecule has 0 atom stereocenters. The molecular formula is C53H34N2S. The van der Waals surface area contributed by atoms with Gasteiger partial charge in [0.15, 0.2) is 5.82 Å². The Balaban J connectivity index is 0.997. The molecule has 3 heteroatoms. The maximum Gasteiger partial charge on any atom is 0.161 e. The zero-order chi connectivity index (χ0) is 37.1. The summed E-state index contributed by atoms with van der Waals surface area (Å²) in [6, 6.07) is 74.3. The minimum Gasteiger partial charge on any atom is -0.228 e. The highest BCUT2D eigenvalue weighted by Gasteiger charge is 2.50. The second-order valence-corrected chi connectivity index (χ2v) is 15.6. The topological polar surface area (TPSA) is 25.8 Å². The van der Waals surface area contributed by atoms with Crippen molar-refractivity contribution in [2.45, 2.75) is 15.2 Å². The fourth-order valence-electron chi connectivity index (χ4n) is 8.89. The van der Waals surface area contributed by atoms with Crippen molar-refractivity contribution >= 4 is 11.8 Å². The highest BCUT2D eigenvalue weighted by molar-refractivity contribution is 7.99. The Hall–Kier alpha value is -6.81. The number of fused-ring (bicyclic) bond motifs is 9. The molecule has 56 heavy (non-hydrogen) atoms. The minimum absolute atomic E-state index is 0.364. The van der Waals surface area contributed by atoms with Crippen LogP contribution in [0.4, 0.5) is 0 Å². The van der Waals surface area contributed by atoms with Crippen LogP contribution in [0.15, 0.2) is 216 Å². The molecular weight excluding hydrogens is 697 g/mol. The first-order valence-corrected chi connectivity index (χ1v) is 19.9. The highest BCUT2D eigenvalue weighted by atomic mass is 32.2. The maximum atomic E-state index is 5.15. The van der Waals surface area contributed by atoms with Crippen LogP contribution in [0.1, 0.15) is 22.3 Å². The van der Waals surface area contributed by atoms with E-state index in [0.717, 1.165) is 39.2 Å². The molecule has 0 saturated heterocycles. The second kappa shape index (κ2) is 13.2. The molecule has 2 aliphatic rings. The molecule has 11 rings (SSSR count). The zero-order valence-electron chi connectivity index (χ0n) is 30.4. The predicted molar refractivity (Wildman–Crippen MR) is 231 cm³/mol. The zero-order valence-corrected chi connectivity index (χ0v) is 31.2. The van der Waals surface area contributed by atoms with Crippen molar-refractivity contribution in [3.8, 4) is 67.3 Å². The van der Waals surface area contributed by atoms with Gasteiger partial charge in [0.1, 0.15) is 0 Å². The molecule has 1 spiro atoms.